The van der Waals surface area contributed by atoms with Crippen LogP contribution >= 0.6 is 0 Å². The number of benzene rings is 1. The van der Waals surface area contributed by atoms with Crippen molar-refractivity contribution in [3.8, 4) is 0 Å². The highest BCUT2D eigenvalue weighted by Crippen LogP contribution is 2.07. The second-order valence-electron chi connectivity index (χ2n) is 2.12. The van der Waals surface area contributed by atoms with Crippen molar-refractivity contribution in [3.63, 3.8) is 0 Å². The lowest BCUT2D eigenvalue weighted by molar-refractivity contribution is 0.625. The smallest absolute Gasteiger partial charge is 0.130 e. The number of halogens is 1. The Morgan fingerprint density at radius 3 is 2.64 bits per heavy atom. The monoisotopic (exact) mass is 148 g/mol. The van der Waals surface area contributed by atoms with Gasteiger partial charge >= 0.3 is 0 Å². The zero-order valence-corrected chi connectivity index (χ0v) is 6.13. The summed E-state index contributed by atoms with van der Waals surface area (Å²) in [4.78, 5) is 0. The van der Waals surface area contributed by atoms with Crippen LogP contribution in [0, 0.1) is 5.82 Å². The average molecular weight is 148 g/mol. The predicted molar refractivity (Wildman–Crippen MR) is 45.6 cm³/mol. The van der Waals surface area contributed by atoms with Gasteiger partial charge < -0.3 is 0 Å². The second kappa shape index (κ2) is 3.71. The molecule has 0 amide bonds. The lowest BCUT2D eigenvalue weighted by atomic mass is 10.2. The molecular weight excluding hydrogens is 139 g/mol. The van der Waals surface area contributed by atoms with Gasteiger partial charge in [0, 0.05) is 5.56 Å². The van der Waals surface area contributed by atoms with Crippen LogP contribution in [0.15, 0.2) is 43.0 Å². The molecule has 0 fully saturated rings. The van der Waals surface area contributed by atoms with Crippen molar-refractivity contribution in [2.45, 2.75) is 0 Å². The van der Waals surface area contributed by atoms with Gasteiger partial charge in [0.15, 0.2) is 0 Å². The van der Waals surface area contributed by atoms with Crippen LogP contribution in [0.4, 0.5) is 4.39 Å². The van der Waals surface area contributed by atoms with Crippen molar-refractivity contribution < 1.29 is 4.39 Å². The molecule has 0 unspecified atom stereocenters. The minimum Gasteiger partial charge on any atom is -0.206 e. The average Bonchev–Trinajstić information content (AvgIpc) is 2.03. The van der Waals surface area contributed by atoms with E-state index in [1.54, 1.807) is 36.4 Å². The Kier molecular flexibility index (Phi) is 2.61. The maximum absolute atomic E-state index is 12.8. The van der Waals surface area contributed by atoms with Gasteiger partial charge in [0.1, 0.15) is 5.82 Å². The highest BCUT2D eigenvalue weighted by molar-refractivity contribution is 5.51. The molecule has 0 bridgehead atoms. The summed E-state index contributed by atoms with van der Waals surface area (Å²) in [6, 6.07) is 6.62. The first kappa shape index (κ1) is 7.73. The third kappa shape index (κ3) is 2.04. The van der Waals surface area contributed by atoms with Crippen LogP contribution in [0.5, 0.6) is 0 Å². The summed E-state index contributed by atoms with van der Waals surface area (Å²) in [5.41, 5.74) is 0.590. The van der Waals surface area contributed by atoms with Crippen molar-refractivity contribution in [2.24, 2.45) is 0 Å². The van der Waals surface area contributed by atoms with E-state index in [1.165, 1.54) is 6.07 Å². The Morgan fingerprint density at radius 1 is 1.27 bits per heavy atom. The minimum atomic E-state index is -0.203. The maximum atomic E-state index is 12.8. The van der Waals surface area contributed by atoms with Crippen molar-refractivity contribution in [3.05, 3.63) is 54.4 Å². The van der Waals surface area contributed by atoms with Gasteiger partial charge in [0.05, 0.1) is 0 Å². The SMILES string of the molecule is C=C/C=C/c1ccccc1F. The van der Waals surface area contributed by atoms with Crippen LogP contribution in [0.25, 0.3) is 6.08 Å². The summed E-state index contributed by atoms with van der Waals surface area (Å²) in [7, 11) is 0. The molecule has 1 aromatic rings. The molecule has 0 nitrogen and oxygen atoms in total. The molecule has 0 N–H and O–H groups in total. The Balaban J connectivity index is 2.94. The van der Waals surface area contributed by atoms with Crippen LogP contribution < -0.4 is 0 Å². The fourth-order valence-electron chi connectivity index (χ4n) is 0.782. The van der Waals surface area contributed by atoms with Gasteiger partial charge in [-0.2, -0.15) is 0 Å². The van der Waals surface area contributed by atoms with Gasteiger partial charge in [0.25, 0.3) is 0 Å². The topological polar surface area (TPSA) is 0 Å². The molecule has 0 spiro atoms. The van der Waals surface area contributed by atoms with E-state index in [1.807, 2.05) is 0 Å². The van der Waals surface area contributed by atoms with Gasteiger partial charge in [-0.15, -0.1) is 0 Å². The molecule has 0 aliphatic heterocycles. The molecule has 0 aromatic heterocycles. The van der Waals surface area contributed by atoms with E-state index in [0.29, 0.717) is 5.56 Å². The molecule has 1 aromatic carbocycles. The summed E-state index contributed by atoms with van der Waals surface area (Å²) < 4.78 is 12.8. The van der Waals surface area contributed by atoms with Crippen LogP contribution in [0.1, 0.15) is 5.56 Å². The first-order valence-corrected chi connectivity index (χ1v) is 3.38. The third-order valence-corrected chi connectivity index (χ3v) is 1.32. The Hall–Kier alpha value is -1.37. The van der Waals surface area contributed by atoms with E-state index < -0.39 is 0 Å². The predicted octanol–water partition coefficient (Wildman–Crippen LogP) is 3.02. The molecule has 0 radical (unpaired) electrons. The van der Waals surface area contributed by atoms with E-state index in [0.717, 1.165) is 0 Å². The first-order chi connectivity index (χ1) is 5.34. The normalized spacial score (nSPS) is 10.3. The fourth-order valence-corrected chi connectivity index (χ4v) is 0.782. The Bertz CT molecular complexity index is 274. The number of hydrogen-bond donors (Lipinski definition) is 0. The van der Waals surface area contributed by atoms with Gasteiger partial charge in [-0.05, 0) is 6.07 Å². The van der Waals surface area contributed by atoms with Crippen molar-refractivity contribution in [1.29, 1.82) is 0 Å². The van der Waals surface area contributed by atoms with E-state index in [-0.39, 0.29) is 5.82 Å². The molecule has 11 heavy (non-hydrogen) atoms. The van der Waals surface area contributed by atoms with Gasteiger partial charge in [-0.1, -0.05) is 43.0 Å². The molecule has 0 saturated heterocycles. The summed E-state index contributed by atoms with van der Waals surface area (Å²) >= 11 is 0. The molecule has 56 valence electrons. The Morgan fingerprint density at radius 2 is 2.00 bits per heavy atom. The van der Waals surface area contributed by atoms with Crippen LogP contribution in [-0.2, 0) is 0 Å². The highest BCUT2D eigenvalue weighted by Gasteiger charge is 1.92. The first-order valence-electron chi connectivity index (χ1n) is 3.38. The molecule has 0 atom stereocenters. The molecule has 1 rings (SSSR count). The molecule has 0 aliphatic carbocycles. The molecule has 0 aliphatic rings. The summed E-state index contributed by atoms with van der Waals surface area (Å²) in [6.45, 7) is 3.50. The Labute approximate surface area is 65.7 Å². The van der Waals surface area contributed by atoms with E-state index in [9.17, 15) is 4.39 Å². The fraction of sp³-hybridized carbons (Fsp3) is 0. The third-order valence-electron chi connectivity index (χ3n) is 1.32. The second-order valence-corrected chi connectivity index (χ2v) is 2.12. The maximum Gasteiger partial charge on any atom is 0.130 e. The summed E-state index contributed by atoms with van der Waals surface area (Å²) in [5, 5.41) is 0. The quantitative estimate of drug-likeness (QED) is 0.565. The van der Waals surface area contributed by atoms with Crippen molar-refractivity contribution in [2.75, 3.05) is 0 Å². The molecular formula is C10H9F. The number of rotatable bonds is 2. The molecule has 0 saturated carbocycles. The molecule has 0 heterocycles. The van der Waals surface area contributed by atoms with Crippen molar-refractivity contribution in [1.82, 2.24) is 0 Å². The van der Waals surface area contributed by atoms with E-state index >= 15 is 0 Å². The zero-order chi connectivity index (χ0) is 8.10. The summed E-state index contributed by atoms with van der Waals surface area (Å²) in [6.07, 6.45) is 5.01. The largest absolute Gasteiger partial charge is 0.206 e. The molecule has 1 heteroatoms. The van der Waals surface area contributed by atoms with Crippen LogP contribution in [-0.4, -0.2) is 0 Å². The van der Waals surface area contributed by atoms with Crippen molar-refractivity contribution >= 4 is 6.08 Å². The van der Waals surface area contributed by atoms with E-state index in [4.69, 9.17) is 0 Å². The highest BCUT2D eigenvalue weighted by atomic mass is 19.1. The number of hydrogen-bond acceptors (Lipinski definition) is 0. The zero-order valence-electron chi connectivity index (χ0n) is 6.13. The van der Waals surface area contributed by atoms with Gasteiger partial charge in [-0.25, -0.2) is 4.39 Å². The number of allylic oxidation sites excluding steroid dienone is 2. The minimum absolute atomic E-state index is 0.203. The lowest BCUT2D eigenvalue weighted by Gasteiger charge is -1.92. The lowest BCUT2D eigenvalue weighted by Crippen LogP contribution is -1.77. The van der Waals surface area contributed by atoms with Gasteiger partial charge in [0.2, 0.25) is 0 Å². The summed E-state index contributed by atoms with van der Waals surface area (Å²) in [5.74, 6) is -0.203. The van der Waals surface area contributed by atoms with Crippen LogP contribution in [0.3, 0.4) is 0 Å². The van der Waals surface area contributed by atoms with Gasteiger partial charge in [-0.3, -0.25) is 0 Å². The van der Waals surface area contributed by atoms with Crippen LogP contribution in [0.2, 0.25) is 0 Å². The van der Waals surface area contributed by atoms with E-state index in [2.05, 4.69) is 6.58 Å². The standard InChI is InChI=1S/C10H9F/c1-2-3-6-9-7-4-5-8-10(9)11/h2-8H,1H2/b6-3+.